The molecule has 0 saturated heterocycles. The number of benzene rings is 2. The average Bonchev–Trinajstić information content (AvgIpc) is 3.17. The van der Waals surface area contributed by atoms with Crippen LogP contribution in [-0.2, 0) is 4.79 Å². The zero-order valence-corrected chi connectivity index (χ0v) is 18.0. The maximum absolute atomic E-state index is 13.6. The van der Waals surface area contributed by atoms with Crippen LogP contribution in [0.15, 0.2) is 65.1 Å². The van der Waals surface area contributed by atoms with E-state index in [0.29, 0.717) is 29.1 Å². The number of nitrogens with one attached hydrogen (secondary N) is 1. The number of nitriles is 1. The van der Waals surface area contributed by atoms with Crippen LogP contribution in [-0.4, -0.2) is 5.91 Å². The van der Waals surface area contributed by atoms with Crippen LogP contribution >= 0.6 is 0 Å². The van der Waals surface area contributed by atoms with Crippen molar-refractivity contribution >= 4 is 11.8 Å². The summed E-state index contributed by atoms with van der Waals surface area (Å²) < 4.78 is 6.26. The van der Waals surface area contributed by atoms with Gasteiger partial charge in [-0.2, -0.15) is 5.26 Å². The highest BCUT2D eigenvalue weighted by molar-refractivity contribution is 5.98. The lowest BCUT2D eigenvalue weighted by Crippen LogP contribution is -2.51. The molecule has 4 heteroatoms. The molecule has 0 unspecified atom stereocenters. The summed E-state index contributed by atoms with van der Waals surface area (Å²) in [5.74, 6) is 2.98. The first-order valence-corrected chi connectivity index (χ1v) is 11.6. The molecule has 0 radical (unpaired) electrons. The smallest absolute Gasteiger partial charge is 0.232 e. The van der Waals surface area contributed by atoms with Gasteiger partial charge in [-0.1, -0.05) is 60.7 Å². The van der Waals surface area contributed by atoms with Gasteiger partial charge in [0.25, 0.3) is 0 Å². The van der Waals surface area contributed by atoms with Crippen molar-refractivity contribution in [1.29, 1.82) is 5.26 Å². The number of furan rings is 1. The molecule has 2 aromatic carbocycles. The van der Waals surface area contributed by atoms with Gasteiger partial charge >= 0.3 is 0 Å². The van der Waals surface area contributed by atoms with Crippen molar-refractivity contribution in [2.45, 2.75) is 38.5 Å². The van der Waals surface area contributed by atoms with Gasteiger partial charge in [0.05, 0.1) is 5.41 Å². The monoisotopic (exact) mass is 422 g/mol. The molecule has 1 N–H and O–H groups in total. The largest absolute Gasteiger partial charge is 0.438 e. The molecule has 4 aliphatic rings. The highest BCUT2D eigenvalue weighted by Gasteiger charge is 2.54. The molecule has 7 rings (SSSR count). The van der Waals surface area contributed by atoms with Gasteiger partial charge in [0.1, 0.15) is 17.4 Å². The fourth-order valence-electron chi connectivity index (χ4n) is 6.92. The number of carbonyl (C=O) groups excluding carboxylic acids is 1. The van der Waals surface area contributed by atoms with Crippen LogP contribution in [0.25, 0.3) is 22.5 Å². The lowest BCUT2D eigenvalue weighted by molar-refractivity contribution is -0.140. The molecular formula is C28H26N2O2. The van der Waals surface area contributed by atoms with Gasteiger partial charge in [-0.15, -0.1) is 0 Å². The normalized spacial score (nSPS) is 27.8. The van der Waals surface area contributed by atoms with Gasteiger partial charge in [0.2, 0.25) is 11.8 Å². The lowest BCUT2D eigenvalue weighted by atomic mass is 9.49. The number of carbonyl (C=O) groups is 1. The van der Waals surface area contributed by atoms with E-state index in [1.54, 1.807) is 0 Å². The second-order valence-corrected chi connectivity index (χ2v) is 10.0. The Morgan fingerprint density at radius 1 is 0.875 bits per heavy atom. The summed E-state index contributed by atoms with van der Waals surface area (Å²) in [6.45, 7) is 0. The lowest BCUT2D eigenvalue weighted by Gasteiger charge is -2.55. The molecule has 1 amide bonds. The molecule has 4 saturated carbocycles. The fraction of sp³-hybridized carbons (Fsp3) is 0.357. The minimum atomic E-state index is -0.298. The number of hydrogen-bond acceptors (Lipinski definition) is 3. The Balaban J connectivity index is 1.41. The predicted octanol–water partition coefficient (Wildman–Crippen LogP) is 6.64. The molecule has 3 aromatic rings. The third kappa shape index (κ3) is 3.07. The van der Waals surface area contributed by atoms with Crippen LogP contribution in [0.5, 0.6) is 0 Å². The summed E-state index contributed by atoms with van der Waals surface area (Å²) in [6, 6.07) is 21.9. The van der Waals surface area contributed by atoms with Crippen LogP contribution in [0.2, 0.25) is 0 Å². The first-order valence-electron chi connectivity index (χ1n) is 11.6. The highest BCUT2D eigenvalue weighted by Crippen LogP contribution is 2.60. The van der Waals surface area contributed by atoms with Gasteiger partial charge in [-0.25, -0.2) is 0 Å². The van der Waals surface area contributed by atoms with Crippen molar-refractivity contribution in [1.82, 2.24) is 0 Å². The predicted molar refractivity (Wildman–Crippen MR) is 124 cm³/mol. The zero-order valence-electron chi connectivity index (χ0n) is 18.0. The number of rotatable bonds is 4. The summed E-state index contributed by atoms with van der Waals surface area (Å²) in [7, 11) is 0. The Labute approximate surface area is 188 Å². The minimum absolute atomic E-state index is 0.0427. The molecule has 0 spiro atoms. The Kier molecular flexibility index (Phi) is 4.47. The third-order valence-electron chi connectivity index (χ3n) is 7.87. The Morgan fingerprint density at radius 2 is 1.41 bits per heavy atom. The van der Waals surface area contributed by atoms with E-state index >= 15 is 0 Å². The van der Waals surface area contributed by atoms with E-state index in [1.165, 1.54) is 19.3 Å². The number of hydrogen-bond donors (Lipinski definition) is 1. The quantitative estimate of drug-likeness (QED) is 0.512. The van der Waals surface area contributed by atoms with Gasteiger partial charge in [-0.3, -0.25) is 10.1 Å². The van der Waals surface area contributed by atoms with Gasteiger partial charge in [0.15, 0.2) is 0 Å². The Morgan fingerprint density at radius 3 is 1.94 bits per heavy atom. The summed E-state index contributed by atoms with van der Waals surface area (Å²) in [5.41, 5.74) is 2.63. The molecular weight excluding hydrogens is 396 g/mol. The molecule has 160 valence electrons. The third-order valence-corrected chi connectivity index (χ3v) is 7.87. The summed E-state index contributed by atoms with van der Waals surface area (Å²) in [6.07, 6.45) is 6.78. The van der Waals surface area contributed by atoms with Crippen LogP contribution in [0.4, 0.5) is 5.88 Å². The molecule has 0 aliphatic heterocycles. The van der Waals surface area contributed by atoms with Crippen molar-refractivity contribution < 1.29 is 9.21 Å². The SMILES string of the molecule is N#Cc1c(NC(=O)C23CC4CC(CC(C4)C2)C3)oc(-c2ccccc2)c1-c1ccccc1. The van der Waals surface area contributed by atoms with E-state index in [9.17, 15) is 10.1 Å². The van der Waals surface area contributed by atoms with Gasteiger partial charge < -0.3 is 4.42 Å². The molecule has 4 nitrogen and oxygen atoms in total. The van der Waals surface area contributed by atoms with Crippen molar-refractivity contribution in [3.05, 3.63) is 66.2 Å². The maximum atomic E-state index is 13.6. The molecule has 4 aliphatic carbocycles. The Hall–Kier alpha value is -3.32. The molecule has 0 atom stereocenters. The summed E-state index contributed by atoms with van der Waals surface area (Å²) >= 11 is 0. The topological polar surface area (TPSA) is 66.0 Å². The van der Waals surface area contributed by atoms with Crippen LogP contribution in [0, 0.1) is 34.5 Å². The molecule has 4 bridgehead atoms. The molecule has 32 heavy (non-hydrogen) atoms. The van der Waals surface area contributed by atoms with Crippen LogP contribution < -0.4 is 5.32 Å². The average molecular weight is 423 g/mol. The van der Waals surface area contributed by atoms with Crippen LogP contribution in [0.3, 0.4) is 0 Å². The van der Waals surface area contributed by atoms with E-state index in [4.69, 9.17) is 4.42 Å². The number of anilines is 1. The maximum Gasteiger partial charge on any atom is 0.232 e. The summed E-state index contributed by atoms with van der Waals surface area (Å²) in [5, 5.41) is 13.2. The van der Waals surface area contributed by atoms with Crippen molar-refractivity contribution in [3.8, 4) is 28.5 Å². The van der Waals surface area contributed by atoms with Crippen molar-refractivity contribution in [2.75, 3.05) is 5.32 Å². The first kappa shape index (κ1) is 19.4. The molecule has 4 fully saturated rings. The number of nitrogens with zero attached hydrogens (tertiary/aromatic N) is 1. The highest BCUT2D eigenvalue weighted by atomic mass is 16.4. The molecule has 1 aromatic heterocycles. The van der Waals surface area contributed by atoms with Crippen molar-refractivity contribution in [2.24, 2.45) is 23.2 Å². The fourth-order valence-corrected chi connectivity index (χ4v) is 6.92. The Bertz CT molecular complexity index is 1170. The number of amides is 1. The van der Waals surface area contributed by atoms with Crippen molar-refractivity contribution in [3.63, 3.8) is 0 Å². The second-order valence-electron chi connectivity index (χ2n) is 10.0. The first-order chi connectivity index (χ1) is 15.6. The van der Waals surface area contributed by atoms with E-state index in [0.717, 1.165) is 36.0 Å². The van der Waals surface area contributed by atoms with E-state index in [1.807, 2.05) is 60.7 Å². The summed E-state index contributed by atoms with van der Waals surface area (Å²) in [4.78, 5) is 13.6. The van der Waals surface area contributed by atoms with Gasteiger partial charge in [0, 0.05) is 11.1 Å². The molecule has 1 heterocycles. The van der Waals surface area contributed by atoms with Gasteiger partial charge in [-0.05, 0) is 61.8 Å². The minimum Gasteiger partial charge on any atom is -0.438 e. The second kappa shape index (κ2) is 7.38. The standard InChI is InChI=1S/C28H26N2O2/c29-17-23-24(21-7-3-1-4-8-21)25(22-9-5-2-6-10-22)32-26(23)30-27(31)28-14-18-11-19(15-28)13-20(12-18)16-28/h1-10,18-20H,11-16H2,(H,30,31). The van der Waals surface area contributed by atoms with E-state index < -0.39 is 0 Å². The zero-order chi connectivity index (χ0) is 21.7. The van der Waals surface area contributed by atoms with E-state index in [-0.39, 0.29) is 17.2 Å². The van der Waals surface area contributed by atoms with Crippen LogP contribution in [0.1, 0.15) is 44.1 Å². The van der Waals surface area contributed by atoms with E-state index in [2.05, 4.69) is 11.4 Å².